The van der Waals surface area contributed by atoms with E-state index in [1.807, 2.05) is 0 Å². The molecule has 130 valence electrons. The monoisotopic (exact) mass is 371 g/mol. The van der Waals surface area contributed by atoms with Crippen LogP contribution in [0.4, 0.5) is 22.6 Å². The molecule has 3 heterocycles. The van der Waals surface area contributed by atoms with Gasteiger partial charge in [0, 0.05) is 13.2 Å². The Bertz CT molecular complexity index is 933. The fourth-order valence-corrected chi connectivity index (χ4v) is 2.85. The molecule has 6 nitrogen and oxygen atoms in total. The summed E-state index contributed by atoms with van der Waals surface area (Å²) in [6, 6.07) is 2.08. The van der Waals surface area contributed by atoms with Crippen molar-refractivity contribution >= 4 is 22.2 Å². The molecule has 0 saturated heterocycles. The number of hydrogen-bond acceptors (Lipinski definition) is 5. The molecule has 25 heavy (non-hydrogen) atoms. The quantitative estimate of drug-likeness (QED) is 0.717. The number of nitrogens with zero attached hydrogens (tertiary/aromatic N) is 4. The second-order valence-corrected chi connectivity index (χ2v) is 5.91. The Morgan fingerprint density at radius 3 is 2.72 bits per heavy atom. The number of nitrogens with one attached hydrogen (secondary N) is 1. The molecule has 0 aliphatic rings. The highest BCUT2D eigenvalue weighted by atomic mass is 32.1. The zero-order valence-electron chi connectivity index (χ0n) is 12.5. The molecule has 0 bridgehead atoms. The molecule has 0 aliphatic heterocycles. The lowest BCUT2D eigenvalue weighted by atomic mass is 10.2. The van der Waals surface area contributed by atoms with Crippen LogP contribution >= 0.6 is 11.3 Å². The van der Waals surface area contributed by atoms with Gasteiger partial charge in [-0.25, -0.2) is 9.37 Å². The Morgan fingerprint density at radius 2 is 2.08 bits per heavy atom. The molecule has 11 heteroatoms. The van der Waals surface area contributed by atoms with Crippen LogP contribution in [0.15, 0.2) is 30.7 Å². The third-order valence-electron chi connectivity index (χ3n) is 3.15. The lowest BCUT2D eigenvalue weighted by Crippen LogP contribution is -2.12. The number of carbonyl (C=O) groups excluding carboxylic acids is 1. The first-order valence-electron chi connectivity index (χ1n) is 6.74. The maximum atomic E-state index is 13.5. The highest BCUT2D eigenvalue weighted by Crippen LogP contribution is 2.34. The zero-order valence-corrected chi connectivity index (χ0v) is 13.3. The zero-order chi connectivity index (χ0) is 18.2. The van der Waals surface area contributed by atoms with E-state index in [0.29, 0.717) is 0 Å². The van der Waals surface area contributed by atoms with E-state index in [0.717, 1.165) is 28.3 Å². The summed E-state index contributed by atoms with van der Waals surface area (Å²) < 4.78 is 52.7. The number of rotatable bonds is 3. The number of carbonyl (C=O) groups is 1. The maximum absolute atomic E-state index is 13.5. The Morgan fingerprint density at radius 1 is 1.32 bits per heavy atom. The van der Waals surface area contributed by atoms with Gasteiger partial charge < -0.3 is 5.32 Å². The summed E-state index contributed by atoms with van der Waals surface area (Å²) in [6.45, 7) is 0. The molecule has 0 saturated carbocycles. The predicted octanol–water partition coefficient (Wildman–Crippen LogP) is 3.35. The Labute approximate surface area is 142 Å². The number of hydrogen-bond donors (Lipinski definition) is 1. The number of halogens is 4. The van der Waals surface area contributed by atoms with Crippen LogP contribution in [0.1, 0.15) is 16.1 Å². The van der Waals surface area contributed by atoms with Crippen molar-refractivity contribution in [3.63, 3.8) is 0 Å². The van der Waals surface area contributed by atoms with Crippen molar-refractivity contribution in [2.45, 2.75) is 6.18 Å². The molecule has 0 aliphatic carbocycles. The van der Waals surface area contributed by atoms with E-state index in [9.17, 15) is 22.4 Å². The van der Waals surface area contributed by atoms with Gasteiger partial charge in [0.1, 0.15) is 10.0 Å². The van der Waals surface area contributed by atoms with E-state index < -0.39 is 23.6 Å². The molecule has 0 fully saturated rings. The van der Waals surface area contributed by atoms with Crippen LogP contribution in [0, 0.1) is 5.82 Å². The average molecular weight is 371 g/mol. The first kappa shape index (κ1) is 17.0. The van der Waals surface area contributed by atoms with Crippen molar-refractivity contribution in [1.82, 2.24) is 19.7 Å². The van der Waals surface area contributed by atoms with Crippen molar-refractivity contribution in [1.29, 1.82) is 0 Å². The van der Waals surface area contributed by atoms with Crippen LogP contribution < -0.4 is 5.32 Å². The van der Waals surface area contributed by atoms with Gasteiger partial charge in [-0.3, -0.25) is 14.5 Å². The van der Waals surface area contributed by atoms with E-state index in [-0.39, 0.29) is 21.3 Å². The molecule has 1 N–H and O–H groups in total. The third-order valence-corrected chi connectivity index (χ3v) is 4.08. The van der Waals surface area contributed by atoms with Crippen molar-refractivity contribution in [2.24, 2.45) is 7.05 Å². The predicted molar refractivity (Wildman–Crippen MR) is 81.5 cm³/mol. The topological polar surface area (TPSA) is 72.7 Å². The smallest absolute Gasteiger partial charge is 0.312 e. The number of alkyl halides is 3. The SMILES string of the molecule is Cn1nc(C(F)(F)F)cc1-c1ncc(NC(=O)c2ccncc2F)s1. The standard InChI is InChI=1S/C14H9F4N5OS/c1-23-9(4-10(22-23)14(16,17)18)13-20-6-11(25-13)21-12(24)7-2-3-19-5-8(7)15/h2-6H,1H3,(H,21,24). The molecular formula is C14H9F4N5OS. The number of pyridine rings is 1. The fourth-order valence-electron chi connectivity index (χ4n) is 1.99. The number of amides is 1. The first-order valence-corrected chi connectivity index (χ1v) is 7.55. The van der Waals surface area contributed by atoms with Gasteiger partial charge in [0.05, 0.1) is 23.7 Å². The van der Waals surface area contributed by atoms with Crippen LogP contribution in [0.5, 0.6) is 0 Å². The number of aromatic nitrogens is 4. The van der Waals surface area contributed by atoms with E-state index >= 15 is 0 Å². The molecule has 3 aromatic heterocycles. The van der Waals surface area contributed by atoms with Gasteiger partial charge in [0.2, 0.25) is 0 Å². The van der Waals surface area contributed by atoms with Gasteiger partial charge in [-0.1, -0.05) is 11.3 Å². The highest BCUT2D eigenvalue weighted by molar-refractivity contribution is 7.19. The summed E-state index contributed by atoms with van der Waals surface area (Å²) >= 11 is 0.944. The summed E-state index contributed by atoms with van der Waals surface area (Å²) in [4.78, 5) is 19.5. The fraction of sp³-hybridized carbons (Fsp3) is 0.143. The van der Waals surface area contributed by atoms with Crippen molar-refractivity contribution < 1.29 is 22.4 Å². The minimum Gasteiger partial charge on any atom is -0.312 e. The molecule has 3 aromatic rings. The second-order valence-electron chi connectivity index (χ2n) is 4.88. The van der Waals surface area contributed by atoms with Crippen LogP contribution in [0.2, 0.25) is 0 Å². The molecular weight excluding hydrogens is 362 g/mol. The van der Waals surface area contributed by atoms with Gasteiger partial charge >= 0.3 is 6.18 Å². The summed E-state index contributed by atoms with van der Waals surface area (Å²) in [5, 5.41) is 6.33. The minimum absolute atomic E-state index is 0.146. The van der Waals surface area contributed by atoms with E-state index in [2.05, 4.69) is 20.4 Å². The summed E-state index contributed by atoms with van der Waals surface area (Å²) in [6.07, 6.45) is -1.12. The lowest BCUT2D eigenvalue weighted by Gasteiger charge is -2.02. The maximum Gasteiger partial charge on any atom is 0.435 e. The summed E-state index contributed by atoms with van der Waals surface area (Å²) in [5.41, 5.74) is -1.10. The molecule has 0 atom stereocenters. The van der Waals surface area contributed by atoms with Crippen LogP contribution in [-0.2, 0) is 13.2 Å². The second kappa shape index (κ2) is 6.24. The average Bonchev–Trinajstić information content (AvgIpc) is 3.13. The van der Waals surface area contributed by atoms with Crippen LogP contribution in [-0.4, -0.2) is 25.7 Å². The highest BCUT2D eigenvalue weighted by Gasteiger charge is 2.35. The van der Waals surface area contributed by atoms with Crippen molar-refractivity contribution in [3.8, 4) is 10.7 Å². The summed E-state index contributed by atoms with van der Waals surface area (Å²) in [7, 11) is 1.36. The number of aryl methyl sites for hydroxylation is 1. The Hall–Kier alpha value is -2.82. The van der Waals surface area contributed by atoms with Gasteiger partial charge in [-0.2, -0.15) is 18.3 Å². The molecule has 1 amide bonds. The Balaban J connectivity index is 1.83. The summed E-state index contributed by atoms with van der Waals surface area (Å²) in [5.74, 6) is -1.50. The first-order chi connectivity index (χ1) is 11.8. The van der Waals surface area contributed by atoms with E-state index in [1.165, 1.54) is 25.5 Å². The molecule has 0 unspecified atom stereocenters. The molecule has 3 rings (SSSR count). The Kier molecular flexibility index (Phi) is 4.25. The van der Waals surface area contributed by atoms with E-state index in [4.69, 9.17) is 0 Å². The molecule has 0 spiro atoms. The number of thiazole rings is 1. The van der Waals surface area contributed by atoms with Gasteiger partial charge in [0.15, 0.2) is 11.5 Å². The van der Waals surface area contributed by atoms with Gasteiger partial charge in [-0.05, 0) is 12.1 Å². The van der Waals surface area contributed by atoms with Gasteiger partial charge in [0.25, 0.3) is 5.91 Å². The normalized spacial score (nSPS) is 11.6. The molecule has 0 aromatic carbocycles. The largest absolute Gasteiger partial charge is 0.435 e. The van der Waals surface area contributed by atoms with Gasteiger partial charge in [-0.15, -0.1) is 0 Å². The van der Waals surface area contributed by atoms with Crippen LogP contribution in [0.25, 0.3) is 10.7 Å². The van der Waals surface area contributed by atoms with Crippen molar-refractivity contribution in [2.75, 3.05) is 5.32 Å². The lowest BCUT2D eigenvalue weighted by molar-refractivity contribution is -0.141. The number of anilines is 1. The van der Waals surface area contributed by atoms with Crippen molar-refractivity contribution in [3.05, 3.63) is 47.8 Å². The minimum atomic E-state index is -4.57. The van der Waals surface area contributed by atoms with Crippen LogP contribution in [0.3, 0.4) is 0 Å². The van der Waals surface area contributed by atoms with E-state index in [1.54, 1.807) is 0 Å². The molecule has 0 radical (unpaired) electrons. The third kappa shape index (κ3) is 3.50.